The Bertz CT molecular complexity index is 1770. The fourth-order valence-electron chi connectivity index (χ4n) is 4.06. The van der Waals surface area contributed by atoms with E-state index in [0.717, 1.165) is 14.7 Å². The van der Waals surface area contributed by atoms with Crippen LogP contribution in [-0.2, 0) is 6.61 Å². The molecule has 0 atom stereocenters. The zero-order valence-corrected chi connectivity index (χ0v) is 23.5. The van der Waals surface area contributed by atoms with Crippen LogP contribution in [0.25, 0.3) is 22.3 Å². The number of nitro groups is 1. The molecule has 5 rings (SSSR count). The van der Waals surface area contributed by atoms with Gasteiger partial charge in [-0.1, -0.05) is 42.5 Å². The van der Waals surface area contributed by atoms with Gasteiger partial charge in [0.05, 0.1) is 32.2 Å². The molecule has 4 aromatic carbocycles. The lowest BCUT2D eigenvalue weighted by molar-refractivity contribution is -0.384. The average molecular weight is 646 g/mol. The number of non-ortho nitro benzene ring substituents is 1. The molecular formula is C30H23IN4O5. The van der Waals surface area contributed by atoms with Gasteiger partial charge in [-0.2, -0.15) is 9.78 Å². The minimum absolute atomic E-state index is 0.0214. The van der Waals surface area contributed by atoms with Crippen molar-refractivity contribution in [3.8, 4) is 22.9 Å². The van der Waals surface area contributed by atoms with Gasteiger partial charge in [0.1, 0.15) is 6.61 Å². The van der Waals surface area contributed by atoms with Gasteiger partial charge in [0, 0.05) is 17.7 Å². The van der Waals surface area contributed by atoms with E-state index in [0.29, 0.717) is 40.4 Å². The quantitative estimate of drug-likeness (QED) is 0.0790. The van der Waals surface area contributed by atoms with Crippen LogP contribution in [0.15, 0.2) is 101 Å². The molecule has 40 heavy (non-hydrogen) atoms. The van der Waals surface area contributed by atoms with Crippen LogP contribution >= 0.6 is 22.6 Å². The van der Waals surface area contributed by atoms with E-state index in [2.05, 4.69) is 27.7 Å². The van der Waals surface area contributed by atoms with Gasteiger partial charge in [-0.05, 0) is 77.0 Å². The van der Waals surface area contributed by atoms with Crippen LogP contribution in [0.4, 0.5) is 5.69 Å². The molecule has 1 aromatic heterocycles. The number of hydrogen-bond acceptors (Lipinski definition) is 7. The highest BCUT2D eigenvalue weighted by atomic mass is 127. The Kier molecular flexibility index (Phi) is 8.15. The first-order valence-corrected chi connectivity index (χ1v) is 13.5. The molecule has 5 aromatic rings. The Labute approximate surface area is 243 Å². The SMILES string of the molecule is CCOc1cc(C=Nn2c(-c3ccccc3)nc3ccccc3c2=O)cc(I)c1OCc1ccc([N+](=O)[O-])cc1. The van der Waals surface area contributed by atoms with Crippen LogP contribution in [0.3, 0.4) is 0 Å². The Balaban J connectivity index is 1.49. The van der Waals surface area contributed by atoms with Gasteiger partial charge in [-0.25, -0.2) is 4.98 Å². The molecular weight excluding hydrogens is 623 g/mol. The Morgan fingerprint density at radius 1 is 1.00 bits per heavy atom. The number of fused-ring (bicyclic) bond motifs is 1. The molecule has 0 bridgehead atoms. The molecule has 0 aliphatic heterocycles. The molecule has 10 heteroatoms. The first-order valence-electron chi connectivity index (χ1n) is 12.4. The summed E-state index contributed by atoms with van der Waals surface area (Å²) in [4.78, 5) is 28.7. The van der Waals surface area contributed by atoms with E-state index < -0.39 is 4.92 Å². The lowest BCUT2D eigenvalue weighted by Gasteiger charge is -2.15. The van der Waals surface area contributed by atoms with Crippen molar-refractivity contribution in [2.75, 3.05) is 6.61 Å². The predicted octanol–water partition coefficient (Wildman–Crippen LogP) is 6.44. The second-order valence-corrected chi connectivity index (χ2v) is 9.82. The summed E-state index contributed by atoms with van der Waals surface area (Å²) in [5.41, 5.74) is 2.60. The van der Waals surface area contributed by atoms with Crippen LogP contribution in [0.2, 0.25) is 0 Å². The van der Waals surface area contributed by atoms with Crippen molar-refractivity contribution in [1.29, 1.82) is 0 Å². The molecule has 0 amide bonds. The van der Waals surface area contributed by atoms with Crippen LogP contribution in [0.1, 0.15) is 18.1 Å². The van der Waals surface area contributed by atoms with Gasteiger partial charge in [0.25, 0.3) is 11.2 Å². The van der Waals surface area contributed by atoms with E-state index in [1.807, 2.05) is 55.5 Å². The normalized spacial score (nSPS) is 11.2. The summed E-state index contributed by atoms with van der Waals surface area (Å²) in [5, 5.41) is 15.9. The van der Waals surface area contributed by atoms with E-state index in [-0.39, 0.29) is 17.9 Å². The van der Waals surface area contributed by atoms with Gasteiger partial charge in [-0.15, -0.1) is 0 Å². The first-order chi connectivity index (χ1) is 19.4. The summed E-state index contributed by atoms with van der Waals surface area (Å²) in [7, 11) is 0. The van der Waals surface area contributed by atoms with Crippen LogP contribution in [0.5, 0.6) is 11.5 Å². The van der Waals surface area contributed by atoms with E-state index in [1.54, 1.807) is 36.5 Å². The number of halogens is 1. The zero-order chi connectivity index (χ0) is 28.1. The molecule has 0 aliphatic rings. The van der Waals surface area contributed by atoms with E-state index in [9.17, 15) is 14.9 Å². The third-order valence-corrected chi connectivity index (χ3v) is 6.77. The van der Waals surface area contributed by atoms with Crippen molar-refractivity contribution in [3.63, 3.8) is 0 Å². The van der Waals surface area contributed by atoms with Gasteiger partial charge >= 0.3 is 0 Å². The Morgan fingerprint density at radius 3 is 2.45 bits per heavy atom. The monoisotopic (exact) mass is 646 g/mol. The Morgan fingerprint density at radius 2 is 1.73 bits per heavy atom. The molecule has 9 nitrogen and oxygen atoms in total. The molecule has 0 saturated carbocycles. The lowest BCUT2D eigenvalue weighted by Crippen LogP contribution is -2.20. The smallest absolute Gasteiger partial charge is 0.282 e. The fourth-order valence-corrected chi connectivity index (χ4v) is 4.85. The number of aromatic nitrogens is 2. The zero-order valence-electron chi connectivity index (χ0n) is 21.4. The maximum absolute atomic E-state index is 13.4. The highest BCUT2D eigenvalue weighted by Gasteiger charge is 2.15. The molecule has 0 N–H and O–H groups in total. The molecule has 0 unspecified atom stereocenters. The number of benzene rings is 4. The summed E-state index contributed by atoms with van der Waals surface area (Å²) in [6, 6.07) is 26.5. The maximum atomic E-state index is 13.4. The molecule has 0 radical (unpaired) electrons. The molecule has 0 aliphatic carbocycles. The second kappa shape index (κ2) is 12.1. The van der Waals surface area contributed by atoms with Crippen molar-refractivity contribution < 1.29 is 14.4 Å². The number of hydrogen-bond donors (Lipinski definition) is 0. The predicted molar refractivity (Wildman–Crippen MR) is 162 cm³/mol. The van der Waals surface area contributed by atoms with Gasteiger partial charge in [0.15, 0.2) is 17.3 Å². The standard InChI is InChI=1S/C30H23IN4O5/c1-2-39-27-17-21(16-25(31)28(27)40-19-20-12-14-23(15-13-20)35(37)38)18-32-34-29(22-8-4-3-5-9-22)33-26-11-7-6-10-24(26)30(34)36/h3-18H,2,19H2,1H3. The maximum Gasteiger partial charge on any atom is 0.282 e. The van der Waals surface area contributed by atoms with Crippen molar-refractivity contribution in [2.24, 2.45) is 5.10 Å². The van der Waals surface area contributed by atoms with Crippen molar-refractivity contribution in [1.82, 2.24) is 9.66 Å². The molecule has 0 fully saturated rings. The van der Waals surface area contributed by atoms with E-state index >= 15 is 0 Å². The number of rotatable bonds is 9. The highest BCUT2D eigenvalue weighted by Crippen LogP contribution is 2.34. The van der Waals surface area contributed by atoms with Gasteiger partial charge in [0.2, 0.25) is 0 Å². The molecule has 0 saturated heterocycles. The van der Waals surface area contributed by atoms with Crippen molar-refractivity contribution in [2.45, 2.75) is 13.5 Å². The number of nitro benzene ring substituents is 1. The minimum Gasteiger partial charge on any atom is -0.490 e. The van der Waals surface area contributed by atoms with Gasteiger partial charge in [-0.3, -0.25) is 14.9 Å². The first kappa shape index (κ1) is 27.0. The largest absolute Gasteiger partial charge is 0.490 e. The molecule has 200 valence electrons. The Hall–Kier alpha value is -4.58. The van der Waals surface area contributed by atoms with E-state index in [4.69, 9.17) is 14.5 Å². The van der Waals surface area contributed by atoms with Crippen LogP contribution < -0.4 is 15.0 Å². The third kappa shape index (κ3) is 5.86. The van der Waals surface area contributed by atoms with Crippen molar-refractivity contribution >= 4 is 45.4 Å². The lowest BCUT2D eigenvalue weighted by atomic mass is 10.2. The molecule has 1 heterocycles. The third-order valence-electron chi connectivity index (χ3n) is 5.97. The number of nitrogens with zero attached hydrogens (tertiary/aromatic N) is 4. The summed E-state index contributed by atoms with van der Waals surface area (Å²) in [5.74, 6) is 1.50. The minimum atomic E-state index is -0.439. The van der Waals surface area contributed by atoms with E-state index in [1.165, 1.54) is 16.8 Å². The summed E-state index contributed by atoms with van der Waals surface area (Å²) >= 11 is 2.16. The second-order valence-electron chi connectivity index (χ2n) is 8.66. The number of ether oxygens (including phenoxy) is 2. The van der Waals surface area contributed by atoms with Crippen LogP contribution in [-0.4, -0.2) is 27.4 Å². The van der Waals surface area contributed by atoms with Crippen LogP contribution in [0, 0.1) is 13.7 Å². The van der Waals surface area contributed by atoms with Crippen molar-refractivity contribution in [3.05, 3.63) is 126 Å². The van der Waals surface area contributed by atoms with Gasteiger partial charge < -0.3 is 9.47 Å². The topological polar surface area (TPSA) is 109 Å². The molecule has 0 spiro atoms. The fraction of sp³-hybridized carbons (Fsp3) is 0.100. The summed E-state index contributed by atoms with van der Waals surface area (Å²) in [6.45, 7) is 2.50. The summed E-state index contributed by atoms with van der Waals surface area (Å²) < 4.78 is 14.0. The summed E-state index contributed by atoms with van der Waals surface area (Å²) in [6.07, 6.45) is 1.59. The highest BCUT2D eigenvalue weighted by molar-refractivity contribution is 14.1. The number of para-hydroxylation sites is 1. The average Bonchev–Trinajstić information content (AvgIpc) is 2.97.